The van der Waals surface area contributed by atoms with Crippen molar-refractivity contribution in [3.63, 3.8) is 0 Å². The van der Waals surface area contributed by atoms with E-state index in [1.165, 1.54) is 0 Å². The van der Waals surface area contributed by atoms with Gasteiger partial charge in [0.15, 0.2) is 0 Å². The van der Waals surface area contributed by atoms with Crippen LogP contribution in [-0.2, 0) is 4.65 Å². The molecular weight excluding hydrogens is 141 g/mol. The molecule has 0 aromatic rings. The summed E-state index contributed by atoms with van der Waals surface area (Å²) in [5, 5.41) is 2.66. The van der Waals surface area contributed by atoms with Gasteiger partial charge in [0.2, 0.25) is 0 Å². The van der Waals surface area contributed by atoms with Crippen molar-refractivity contribution in [1.82, 2.24) is 5.32 Å². The average Bonchev–Trinajstić information content (AvgIpc) is 2.04. The van der Waals surface area contributed by atoms with Gasteiger partial charge in [0.25, 0.3) is 0 Å². The lowest BCUT2D eigenvalue weighted by molar-refractivity contribution is 0.187. The summed E-state index contributed by atoms with van der Waals surface area (Å²) in [5.74, 6) is 0. The van der Waals surface area contributed by atoms with E-state index in [9.17, 15) is 4.79 Å². The Hall–Kier alpha value is -0.665. The monoisotopic (exact) mass is 155 g/mol. The SMILES string of the molecule is [B]OC(=O)NC(C)(CC)CC. The molecule has 0 rings (SSSR count). The first-order valence-electron chi connectivity index (χ1n) is 3.77. The molecule has 0 atom stereocenters. The summed E-state index contributed by atoms with van der Waals surface area (Å²) in [4.78, 5) is 10.7. The van der Waals surface area contributed by atoms with Crippen molar-refractivity contribution in [2.24, 2.45) is 0 Å². The van der Waals surface area contributed by atoms with Crippen LogP contribution in [0.4, 0.5) is 4.79 Å². The minimum Gasteiger partial charge on any atom is -0.528 e. The molecule has 1 amide bonds. The highest BCUT2D eigenvalue weighted by atomic mass is 16.5. The van der Waals surface area contributed by atoms with Gasteiger partial charge in [0.05, 0.1) is 0 Å². The van der Waals surface area contributed by atoms with Gasteiger partial charge in [0, 0.05) is 5.54 Å². The van der Waals surface area contributed by atoms with Crippen molar-refractivity contribution in [3.8, 4) is 0 Å². The van der Waals surface area contributed by atoms with E-state index in [0.717, 1.165) is 12.8 Å². The molecule has 0 aromatic heterocycles. The number of amides is 1. The van der Waals surface area contributed by atoms with E-state index in [1.54, 1.807) is 0 Å². The minimum atomic E-state index is -0.573. The third kappa shape index (κ3) is 3.30. The number of nitrogens with one attached hydrogen (secondary N) is 1. The smallest absolute Gasteiger partial charge is 0.388 e. The summed E-state index contributed by atoms with van der Waals surface area (Å²) in [6, 6.07) is 0. The highest BCUT2D eigenvalue weighted by molar-refractivity contribution is 6.05. The molecule has 0 unspecified atom stereocenters. The second kappa shape index (κ2) is 4.26. The zero-order valence-electron chi connectivity index (χ0n) is 7.31. The molecule has 0 heterocycles. The van der Waals surface area contributed by atoms with Gasteiger partial charge in [0.1, 0.15) is 0 Å². The molecule has 0 spiro atoms. The zero-order chi connectivity index (χ0) is 8.91. The van der Waals surface area contributed by atoms with Crippen LogP contribution in [-0.4, -0.2) is 19.7 Å². The molecule has 0 aliphatic rings. The Labute approximate surface area is 68.9 Å². The topological polar surface area (TPSA) is 38.3 Å². The van der Waals surface area contributed by atoms with Crippen LogP contribution < -0.4 is 5.32 Å². The molecule has 0 fully saturated rings. The maximum absolute atomic E-state index is 10.7. The molecule has 2 radical (unpaired) electrons. The predicted molar refractivity (Wildman–Crippen MR) is 44.4 cm³/mol. The molecule has 3 nitrogen and oxygen atoms in total. The van der Waals surface area contributed by atoms with Crippen LogP contribution in [0, 0.1) is 0 Å². The fraction of sp³-hybridized carbons (Fsp3) is 0.857. The van der Waals surface area contributed by atoms with Crippen LogP contribution in [0.2, 0.25) is 0 Å². The van der Waals surface area contributed by atoms with Crippen LogP contribution in [0.1, 0.15) is 33.6 Å². The van der Waals surface area contributed by atoms with E-state index in [-0.39, 0.29) is 5.54 Å². The summed E-state index contributed by atoms with van der Waals surface area (Å²) in [7, 11) is 4.68. The lowest BCUT2D eigenvalue weighted by Crippen LogP contribution is -2.44. The van der Waals surface area contributed by atoms with Crippen molar-refractivity contribution in [1.29, 1.82) is 0 Å². The summed E-state index contributed by atoms with van der Waals surface area (Å²) in [6.45, 7) is 5.95. The van der Waals surface area contributed by atoms with Gasteiger partial charge in [-0.2, -0.15) is 0 Å². The summed E-state index contributed by atoms with van der Waals surface area (Å²) in [5.41, 5.74) is -0.198. The van der Waals surface area contributed by atoms with Gasteiger partial charge in [-0.15, -0.1) is 0 Å². The summed E-state index contributed by atoms with van der Waals surface area (Å²) < 4.78 is 4.00. The van der Waals surface area contributed by atoms with E-state index < -0.39 is 6.09 Å². The Kier molecular flexibility index (Phi) is 4.00. The quantitative estimate of drug-likeness (QED) is 0.625. The molecule has 0 aliphatic carbocycles. The van der Waals surface area contributed by atoms with Gasteiger partial charge in [-0.1, -0.05) is 13.8 Å². The highest BCUT2D eigenvalue weighted by Crippen LogP contribution is 2.13. The highest BCUT2D eigenvalue weighted by Gasteiger charge is 2.21. The molecule has 0 saturated heterocycles. The Morgan fingerprint density at radius 2 is 2.00 bits per heavy atom. The lowest BCUT2D eigenvalue weighted by atomic mass is 9.96. The van der Waals surface area contributed by atoms with E-state index in [2.05, 4.69) is 18.0 Å². The van der Waals surface area contributed by atoms with Crippen LogP contribution in [0.15, 0.2) is 0 Å². The van der Waals surface area contributed by atoms with Crippen LogP contribution in [0.5, 0.6) is 0 Å². The first-order valence-corrected chi connectivity index (χ1v) is 3.77. The predicted octanol–water partition coefficient (Wildman–Crippen LogP) is 1.37. The Morgan fingerprint density at radius 3 is 2.27 bits per heavy atom. The lowest BCUT2D eigenvalue weighted by Gasteiger charge is -2.27. The second-order valence-corrected chi connectivity index (χ2v) is 2.80. The van der Waals surface area contributed by atoms with Crippen LogP contribution >= 0.6 is 0 Å². The van der Waals surface area contributed by atoms with Crippen LogP contribution in [0.3, 0.4) is 0 Å². The summed E-state index contributed by atoms with van der Waals surface area (Å²) >= 11 is 0. The van der Waals surface area contributed by atoms with Crippen LogP contribution in [0.25, 0.3) is 0 Å². The van der Waals surface area contributed by atoms with Crippen molar-refractivity contribution >= 4 is 14.1 Å². The molecule has 4 heteroatoms. The third-order valence-electron chi connectivity index (χ3n) is 2.07. The normalized spacial score (nSPS) is 10.8. The van der Waals surface area contributed by atoms with Gasteiger partial charge in [-0.3, -0.25) is 0 Å². The number of carbonyl (C=O) groups is 1. The maximum Gasteiger partial charge on any atom is 0.388 e. The number of rotatable bonds is 3. The molecule has 62 valence electrons. The summed E-state index contributed by atoms with van der Waals surface area (Å²) in [6.07, 6.45) is 1.15. The Balaban J connectivity index is 3.96. The van der Waals surface area contributed by atoms with E-state index in [1.807, 2.05) is 20.8 Å². The Bertz CT molecular complexity index is 134. The van der Waals surface area contributed by atoms with E-state index in [0.29, 0.717) is 0 Å². The fourth-order valence-corrected chi connectivity index (χ4v) is 0.703. The molecule has 1 N–H and O–H groups in total. The second-order valence-electron chi connectivity index (χ2n) is 2.80. The minimum absolute atomic E-state index is 0.198. The standard InChI is InChI=1S/C7H14BNO2/c1-4-7(3,5-2)9-6(10)11-8/h4-5H2,1-3H3,(H,9,10). The van der Waals surface area contributed by atoms with Gasteiger partial charge < -0.3 is 9.97 Å². The molecule has 11 heavy (non-hydrogen) atoms. The molecular formula is C7H14BNO2. The first kappa shape index (κ1) is 10.3. The Morgan fingerprint density at radius 1 is 1.55 bits per heavy atom. The molecule has 0 saturated carbocycles. The van der Waals surface area contributed by atoms with E-state index >= 15 is 0 Å². The molecule has 0 bridgehead atoms. The first-order chi connectivity index (χ1) is 5.08. The van der Waals surface area contributed by atoms with Gasteiger partial charge >= 0.3 is 14.1 Å². The zero-order valence-corrected chi connectivity index (χ0v) is 7.31. The largest absolute Gasteiger partial charge is 0.528 e. The molecule has 0 aromatic carbocycles. The number of hydrogen-bond acceptors (Lipinski definition) is 2. The fourth-order valence-electron chi connectivity index (χ4n) is 0.703. The number of hydrogen-bond donors (Lipinski definition) is 1. The van der Waals surface area contributed by atoms with Crippen molar-refractivity contribution in [2.75, 3.05) is 0 Å². The van der Waals surface area contributed by atoms with Crippen molar-refractivity contribution in [3.05, 3.63) is 0 Å². The average molecular weight is 155 g/mol. The third-order valence-corrected chi connectivity index (χ3v) is 2.07. The van der Waals surface area contributed by atoms with E-state index in [4.69, 9.17) is 0 Å². The van der Waals surface area contributed by atoms with Crippen molar-refractivity contribution in [2.45, 2.75) is 39.2 Å². The van der Waals surface area contributed by atoms with Gasteiger partial charge in [-0.25, -0.2) is 4.79 Å². The van der Waals surface area contributed by atoms with Gasteiger partial charge in [-0.05, 0) is 19.8 Å². The molecule has 0 aliphatic heterocycles. The number of carbonyl (C=O) groups excluding carboxylic acids is 1. The van der Waals surface area contributed by atoms with Crippen molar-refractivity contribution < 1.29 is 9.45 Å². The maximum atomic E-state index is 10.7.